The fourth-order valence-corrected chi connectivity index (χ4v) is 5.38. The van der Waals surface area contributed by atoms with Crippen molar-refractivity contribution in [2.75, 3.05) is 38.6 Å². The lowest BCUT2D eigenvalue weighted by atomic mass is 9.99. The Morgan fingerprint density at radius 2 is 1.64 bits per heavy atom. The average molecular weight is 648 g/mol. The third-order valence-corrected chi connectivity index (χ3v) is 7.66. The summed E-state index contributed by atoms with van der Waals surface area (Å²) in [5.41, 5.74) is 3.17. The summed E-state index contributed by atoms with van der Waals surface area (Å²) in [4.78, 5) is 35.3. The number of nitrogens with one attached hydrogen (secondary N) is 2. The largest absolute Gasteiger partial charge is 0.445 e. The summed E-state index contributed by atoms with van der Waals surface area (Å²) in [6, 6.07) is 14.8. The van der Waals surface area contributed by atoms with Gasteiger partial charge in [0.25, 0.3) is 11.8 Å². The molecule has 3 aromatic carbocycles. The lowest BCUT2D eigenvalue weighted by molar-refractivity contribution is 0.0755. The molecule has 9 nitrogen and oxygen atoms in total. The number of halogens is 2. The molecular formula is C36H43F2N5O4. The van der Waals surface area contributed by atoms with Gasteiger partial charge in [0.2, 0.25) is 5.89 Å². The Morgan fingerprint density at radius 1 is 0.936 bits per heavy atom. The molecule has 2 amide bonds. The number of oxazole rings is 1. The Kier molecular flexibility index (Phi) is 12.6. The SMILES string of the molecule is CCCN(CCC)C(=O)c1cc(C(=O)N[C@@H](Cc2cc(F)cc(F)c2)[C@H](O)CNCc2cccc(N(C)C)c2)cc(-c2ncco2)c1. The Balaban J connectivity index is 1.60. The minimum absolute atomic E-state index is 0.0502. The molecule has 0 bridgehead atoms. The zero-order valence-electron chi connectivity index (χ0n) is 27.3. The topological polar surface area (TPSA) is 111 Å². The van der Waals surface area contributed by atoms with Gasteiger partial charge in [-0.05, 0) is 72.9 Å². The van der Waals surface area contributed by atoms with Gasteiger partial charge < -0.3 is 30.0 Å². The Labute approximate surface area is 274 Å². The van der Waals surface area contributed by atoms with E-state index in [1.54, 1.807) is 17.0 Å². The lowest BCUT2D eigenvalue weighted by Gasteiger charge is -2.26. The van der Waals surface area contributed by atoms with Crippen molar-refractivity contribution < 1.29 is 27.9 Å². The highest BCUT2D eigenvalue weighted by molar-refractivity contribution is 6.01. The number of aliphatic hydroxyl groups excluding tert-OH is 1. The van der Waals surface area contributed by atoms with Crippen LogP contribution < -0.4 is 15.5 Å². The van der Waals surface area contributed by atoms with E-state index in [4.69, 9.17) is 4.42 Å². The molecule has 47 heavy (non-hydrogen) atoms. The molecule has 0 radical (unpaired) electrons. The Morgan fingerprint density at radius 3 is 2.28 bits per heavy atom. The Bertz CT molecular complexity index is 1600. The molecule has 0 unspecified atom stereocenters. The van der Waals surface area contributed by atoms with Gasteiger partial charge in [-0.2, -0.15) is 0 Å². The average Bonchev–Trinajstić information content (AvgIpc) is 3.59. The predicted molar refractivity (Wildman–Crippen MR) is 178 cm³/mol. The summed E-state index contributed by atoms with van der Waals surface area (Å²) in [5.74, 6) is -2.09. The van der Waals surface area contributed by atoms with Crippen molar-refractivity contribution in [2.45, 2.75) is 51.8 Å². The van der Waals surface area contributed by atoms with Crippen LogP contribution in [0.15, 0.2) is 77.5 Å². The molecule has 4 aromatic rings. The highest BCUT2D eigenvalue weighted by atomic mass is 19.1. The van der Waals surface area contributed by atoms with E-state index < -0.39 is 29.7 Å². The van der Waals surface area contributed by atoms with Crippen molar-refractivity contribution in [1.82, 2.24) is 20.5 Å². The molecule has 1 aromatic heterocycles. The fourth-order valence-electron chi connectivity index (χ4n) is 5.38. The Hall–Kier alpha value is -4.61. The second kappa shape index (κ2) is 16.8. The normalized spacial score (nSPS) is 12.4. The van der Waals surface area contributed by atoms with E-state index in [9.17, 15) is 23.5 Å². The van der Waals surface area contributed by atoms with Crippen LogP contribution in [0.1, 0.15) is 58.5 Å². The van der Waals surface area contributed by atoms with E-state index >= 15 is 0 Å². The van der Waals surface area contributed by atoms with E-state index in [0.29, 0.717) is 30.8 Å². The lowest BCUT2D eigenvalue weighted by Crippen LogP contribution is -2.48. The first-order chi connectivity index (χ1) is 22.6. The molecule has 0 aliphatic carbocycles. The highest BCUT2D eigenvalue weighted by Gasteiger charge is 2.25. The molecule has 11 heteroatoms. The van der Waals surface area contributed by atoms with Crippen molar-refractivity contribution in [3.8, 4) is 11.5 Å². The van der Waals surface area contributed by atoms with Gasteiger partial charge in [-0.25, -0.2) is 13.8 Å². The van der Waals surface area contributed by atoms with Crippen LogP contribution in [0.4, 0.5) is 14.5 Å². The van der Waals surface area contributed by atoms with Crippen LogP contribution in [0.5, 0.6) is 0 Å². The van der Waals surface area contributed by atoms with Crippen LogP contribution in [-0.4, -0.2) is 72.7 Å². The fraction of sp³-hybridized carbons (Fsp3) is 0.361. The van der Waals surface area contributed by atoms with Gasteiger partial charge in [-0.15, -0.1) is 0 Å². The zero-order valence-corrected chi connectivity index (χ0v) is 27.3. The molecule has 0 spiro atoms. The summed E-state index contributed by atoms with van der Waals surface area (Å²) < 4.78 is 33.7. The quantitative estimate of drug-likeness (QED) is 0.149. The number of anilines is 1. The van der Waals surface area contributed by atoms with Crippen LogP contribution >= 0.6 is 0 Å². The first kappa shape index (κ1) is 35.2. The molecule has 2 atom stereocenters. The van der Waals surface area contributed by atoms with E-state index in [-0.39, 0.29) is 35.9 Å². The number of carbonyl (C=O) groups excluding carboxylic acids is 2. The molecule has 3 N–H and O–H groups in total. The van der Waals surface area contributed by atoms with Crippen molar-refractivity contribution >= 4 is 17.5 Å². The minimum atomic E-state index is -1.14. The number of aliphatic hydroxyl groups is 1. The van der Waals surface area contributed by atoms with Crippen LogP contribution in [0.25, 0.3) is 11.5 Å². The summed E-state index contributed by atoms with van der Waals surface area (Å²) in [5, 5.41) is 17.4. The van der Waals surface area contributed by atoms with Gasteiger partial charge in [0, 0.05) is 68.7 Å². The first-order valence-corrected chi connectivity index (χ1v) is 15.8. The second-order valence-electron chi connectivity index (χ2n) is 11.8. The molecule has 0 fully saturated rings. The van der Waals surface area contributed by atoms with Crippen LogP contribution in [0.3, 0.4) is 0 Å². The van der Waals surface area contributed by atoms with Gasteiger partial charge in [0.1, 0.15) is 17.9 Å². The molecule has 1 heterocycles. The molecule has 0 saturated heterocycles. The smallest absolute Gasteiger partial charge is 0.253 e. The molecule has 0 saturated carbocycles. The second-order valence-corrected chi connectivity index (χ2v) is 11.8. The number of hydrogen-bond donors (Lipinski definition) is 3. The zero-order chi connectivity index (χ0) is 33.9. The maximum absolute atomic E-state index is 14.1. The first-order valence-electron chi connectivity index (χ1n) is 15.8. The van der Waals surface area contributed by atoms with Crippen LogP contribution in [-0.2, 0) is 13.0 Å². The number of benzene rings is 3. The maximum atomic E-state index is 14.1. The van der Waals surface area contributed by atoms with Gasteiger partial charge >= 0.3 is 0 Å². The van der Waals surface area contributed by atoms with Gasteiger partial charge in [-0.1, -0.05) is 26.0 Å². The molecular weight excluding hydrogens is 604 g/mol. The summed E-state index contributed by atoms with van der Waals surface area (Å²) in [6.07, 6.45) is 3.23. The number of hydrogen-bond acceptors (Lipinski definition) is 7. The molecule has 250 valence electrons. The number of carbonyl (C=O) groups is 2. The number of nitrogens with zero attached hydrogens (tertiary/aromatic N) is 3. The van der Waals surface area contributed by atoms with Crippen LogP contribution in [0.2, 0.25) is 0 Å². The monoisotopic (exact) mass is 647 g/mol. The summed E-state index contributed by atoms with van der Waals surface area (Å²) >= 11 is 0. The van der Waals surface area contributed by atoms with E-state index in [1.807, 2.05) is 57.1 Å². The van der Waals surface area contributed by atoms with Gasteiger partial charge in [-0.3, -0.25) is 9.59 Å². The molecule has 0 aliphatic rings. The van der Waals surface area contributed by atoms with Crippen LogP contribution in [0, 0.1) is 11.6 Å². The number of amides is 2. The van der Waals surface area contributed by atoms with Gasteiger partial charge in [0.15, 0.2) is 0 Å². The summed E-state index contributed by atoms with van der Waals surface area (Å²) in [7, 11) is 3.90. The molecule has 0 aliphatic heterocycles. The van der Waals surface area contributed by atoms with Crippen molar-refractivity contribution in [3.05, 3.63) is 107 Å². The third kappa shape index (κ3) is 9.94. The van der Waals surface area contributed by atoms with E-state index in [0.717, 1.165) is 30.2 Å². The minimum Gasteiger partial charge on any atom is -0.445 e. The van der Waals surface area contributed by atoms with Crippen molar-refractivity contribution in [1.29, 1.82) is 0 Å². The number of rotatable bonds is 16. The maximum Gasteiger partial charge on any atom is 0.253 e. The van der Waals surface area contributed by atoms with Gasteiger partial charge in [0.05, 0.1) is 18.3 Å². The molecule has 4 rings (SSSR count). The third-order valence-electron chi connectivity index (χ3n) is 7.66. The highest BCUT2D eigenvalue weighted by Crippen LogP contribution is 2.23. The van der Waals surface area contributed by atoms with Crippen molar-refractivity contribution in [3.63, 3.8) is 0 Å². The predicted octanol–water partition coefficient (Wildman–Crippen LogP) is 5.44. The van der Waals surface area contributed by atoms with E-state index in [1.165, 1.54) is 30.7 Å². The standard InChI is InChI=1S/C36H43F2N5O4/c1-5-11-43(12-6-2)36(46)28-19-26(18-27(20-28)35-40-10-13-47-35)34(45)41-32(17-25-14-29(37)21-30(38)15-25)33(44)23-39-22-24-8-7-9-31(16-24)42(3)4/h7-10,13-16,18-21,32-33,39,44H,5-6,11-12,17,22-23H2,1-4H3,(H,41,45)/t32-,33+/m0/s1. The van der Waals surface area contributed by atoms with Crippen molar-refractivity contribution in [2.24, 2.45) is 0 Å². The van der Waals surface area contributed by atoms with E-state index in [2.05, 4.69) is 15.6 Å². The number of aromatic nitrogens is 1. The summed E-state index contributed by atoms with van der Waals surface area (Å²) in [6.45, 7) is 5.62.